The number of carbonyl (C=O) groups excluding carboxylic acids is 2. The Morgan fingerprint density at radius 3 is 2.38 bits per heavy atom. The fourth-order valence-electron chi connectivity index (χ4n) is 2.56. The van der Waals surface area contributed by atoms with Crippen LogP contribution in [0.5, 0.6) is 0 Å². The molecule has 1 aromatic rings. The summed E-state index contributed by atoms with van der Waals surface area (Å²) in [5.74, 6) is -0.276. The molecular formula is C16H26Cl2N4O2. The van der Waals surface area contributed by atoms with Crippen LogP contribution in [0.3, 0.4) is 0 Å². The van der Waals surface area contributed by atoms with Crippen molar-refractivity contribution in [2.45, 2.75) is 26.2 Å². The molecule has 1 aliphatic heterocycles. The monoisotopic (exact) mass is 376 g/mol. The number of piperidine rings is 1. The van der Waals surface area contributed by atoms with Gasteiger partial charge in [-0.25, -0.2) is 0 Å². The Morgan fingerprint density at radius 1 is 1.08 bits per heavy atom. The topological polar surface area (TPSA) is 87.5 Å². The van der Waals surface area contributed by atoms with Crippen molar-refractivity contribution in [1.29, 1.82) is 0 Å². The smallest absolute Gasteiger partial charge is 0.238 e. The van der Waals surface area contributed by atoms with E-state index >= 15 is 0 Å². The van der Waals surface area contributed by atoms with Gasteiger partial charge in [0.25, 0.3) is 0 Å². The highest BCUT2D eigenvalue weighted by molar-refractivity contribution is 5.96. The number of nitrogens with one attached hydrogen (secondary N) is 2. The lowest BCUT2D eigenvalue weighted by molar-refractivity contribution is -0.117. The Labute approximate surface area is 155 Å². The number of hydrogen-bond donors (Lipinski definition) is 3. The maximum Gasteiger partial charge on any atom is 0.238 e. The Kier molecular flexibility index (Phi) is 10.6. The van der Waals surface area contributed by atoms with Crippen LogP contribution in [0.2, 0.25) is 0 Å². The maximum absolute atomic E-state index is 12.2. The van der Waals surface area contributed by atoms with Crippen LogP contribution in [0.15, 0.2) is 18.2 Å². The number of rotatable bonds is 5. The molecular weight excluding hydrogens is 351 g/mol. The van der Waals surface area contributed by atoms with Crippen molar-refractivity contribution < 1.29 is 9.59 Å². The highest BCUT2D eigenvalue weighted by Crippen LogP contribution is 2.20. The standard InChI is InChI=1S/C16H24N4O2.2ClH/c1-12-5-6-13(18-15(21)10-17)9-14(12)19-16(22)11-20-7-3-2-4-8-20;;/h5-6,9H,2-4,7-8,10-11,17H2,1H3,(H,18,21)(H,19,22);2*1H. The molecule has 1 saturated heterocycles. The molecule has 0 unspecified atom stereocenters. The number of aryl methyl sites for hydroxylation is 1. The number of likely N-dealkylation sites (tertiary alicyclic amines) is 1. The number of halogens is 2. The molecule has 2 amide bonds. The molecule has 2 rings (SSSR count). The molecule has 1 aromatic carbocycles. The Morgan fingerprint density at radius 2 is 1.75 bits per heavy atom. The molecule has 24 heavy (non-hydrogen) atoms. The van der Waals surface area contributed by atoms with Crippen molar-refractivity contribution >= 4 is 48.0 Å². The molecule has 0 saturated carbocycles. The molecule has 0 atom stereocenters. The van der Waals surface area contributed by atoms with E-state index in [1.807, 2.05) is 13.0 Å². The van der Waals surface area contributed by atoms with E-state index in [4.69, 9.17) is 5.73 Å². The molecule has 0 bridgehead atoms. The van der Waals surface area contributed by atoms with Crippen molar-refractivity contribution in [3.8, 4) is 0 Å². The molecule has 6 nitrogen and oxygen atoms in total. The maximum atomic E-state index is 12.2. The lowest BCUT2D eigenvalue weighted by atomic mass is 10.1. The Balaban J connectivity index is 0.00000264. The van der Waals surface area contributed by atoms with Gasteiger partial charge in [0.1, 0.15) is 0 Å². The van der Waals surface area contributed by atoms with Gasteiger partial charge in [-0.05, 0) is 50.6 Å². The first kappa shape index (κ1) is 22.7. The summed E-state index contributed by atoms with van der Waals surface area (Å²) in [5, 5.41) is 5.61. The first-order chi connectivity index (χ1) is 10.6. The number of nitrogens with two attached hydrogens (primary N) is 1. The van der Waals surface area contributed by atoms with Crippen LogP contribution in [-0.2, 0) is 9.59 Å². The zero-order chi connectivity index (χ0) is 15.9. The van der Waals surface area contributed by atoms with E-state index in [0.717, 1.165) is 37.2 Å². The van der Waals surface area contributed by atoms with Crippen LogP contribution in [0.4, 0.5) is 11.4 Å². The fourth-order valence-corrected chi connectivity index (χ4v) is 2.56. The number of nitrogens with zero attached hydrogens (tertiary/aromatic N) is 1. The predicted molar refractivity (Wildman–Crippen MR) is 102 cm³/mol. The molecule has 136 valence electrons. The highest BCUT2D eigenvalue weighted by atomic mass is 35.5. The summed E-state index contributed by atoms with van der Waals surface area (Å²) in [4.78, 5) is 25.7. The van der Waals surface area contributed by atoms with Crippen molar-refractivity contribution in [3.05, 3.63) is 23.8 Å². The minimum atomic E-state index is -0.255. The third-order valence-corrected chi connectivity index (χ3v) is 3.80. The lowest BCUT2D eigenvalue weighted by Crippen LogP contribution is -2.36. The second-order valence-corrected chi connectivity index (χ2v) is 5.67. The number of benzene rings is 1. The largest absolute Gasteiger partial charge is 0.325 e. The minimum absolute atomic E-state index is 0. The molecule has 0 spiro atoms. The zero-order valence-electron chi connectivity index (χ0n) is 13.8. The summed E-state index contributed by atoms with van der Waals surface area (Å²) in [5.41, 5.74) is 7.59. The molecule has 0 radical (unpaired) electrons. The minimum Gasteiger partial charge on any atom is -0.325 e. The summed E-state index contributed by atoms with van der Waals surface area (Å²) in [6, 6.07) is 5.42. The van der Waals surface area contributed by atoms with Crippen LogP contribution in [0, 0.1) is 6.92 Å². The lowest BCUT2D eigenvalue weighted by Gasteiger charge is -2.25. The Hall–Kier alpha value is -1.34. The fraction of sp³-hybridized carbons (Fsp3) is 0.500. The average Bonchev–Trinajstić information content (AvgIpc) is 2.51. The third kappa shape index (κ3) is 7.05. The quantitative estimate of drug-likeness (QED) is 0.734. The second-order valence-electron chi connectivity index (χ2n) is 5.67. The van der Waals surface area contributed by atoms with Gasteiger partial charge in [-0.3, -0.25) is 14.5 Å². The number of amides is 2. The third-order valence-electron chi connectivity index (χ3n) is 3.80. The second kappa shape index (κ2) is 11.3. The van der Waals surface area contributed by atoms with Crippen LogP contribution in [0.25, 0.3) is 0 Å². The van der Waals surface area contributed by atoms with Crippen LogP contribution < -0.4 is 16.4 Å². The van der Waals surface area contributed by atoms with Gasteiger partial charge >= 0.3 is 0 Å². The van der Waals surface area contributed by atoms with Crippen LogP contribution in [-0.4, -0.2) is 42.9 Å². The zero-order valence-corrected chi connectivity index (χ0v) is 15.5. The van der Waals surface area contributed by atoms with Crippen LogP contribution >= 0.6 is 24.8 Å². The Bertz CT molecular complexity index is 549. The first-order valence-electron chi connectivity index (χ1n) is 7.71. The van der Waals surface area contributed by atoms with Gasteiger partial charge in [0, 0.05) is 11.4 Å². The highest BCUT2D eigenvalue weighted by Gasteiger charge is 2.14. The van der Waals surface area contributed by atoms with Gasteiger partial charge in [-0.1, -0.05) is 12.5 Å². The van der Waals surface area contributed by atoms with E-state index in [2.05, 4.69) is 15.5 Å². The van der Waals surface area contributed by atoms with E-state index in [1.165, 1.54) is 6.42 Å². The van der Waals surface area contributed by atoms with Gasteiger partial charge < -0.3 is 16.4 Å². The number of anilines is 2. The predicted octanol–water partition coefficient (Wildman–Crippen LogP) is 2.16. The van der Waals surface area contributed by atoms with Crippen molar-refractivity contribution in [2.75, 3.05) is 36.8 Å². The normalized spacial score (nSPS) is 14.1. The average molecular weight is 377 g/mol. The van der Waals surface area contributed by atoms with E-state index in [1.54, 1.807) is 12.1 Å². The van der Waals surface area contributed by atoms with Crippen LogP contribution in [0.1, 0.15) is 24.8 Å². The van der Waals surface area contributed by atoms with Gasteiger partial charge in [-0.15, -0.1) is 24.8 Å². The molecule has 1 aliphatic rings. The molecule has 0 aliphatic carbocycles. The molecule has 1 fully saturated rings. The van der Waals surface area contributed by atoms with Gasteiger partial charge in [0.2, 0.25) is 11.8 Å². The molecule has 4 N–H and O–H groups in total. The molecule has 1 heterocycles. The van der Waals surface area contributed by atoms with Crippen molar-refractivity contribution in [2.24, 2.45) is 5.73 Å². The summed E-state index contributed by atoms with van der Waals surface area (Å²) >= 11 is 0. The SMILES string of the molecule is Cc1ccc(NC(=O)CN)cc1NC(=O)CN1CCCCC1.Cl.Cl. The van der Waals surface area contributed by atoms with E-state index in [9.17, 15) is 9.59 Å². The summed E-state index contributed by atoms with van der Waals surface area (Å²) < 4.78 is 0. The molecule has 0 aromatic heterocycles. The van der Waals surface area contributed by atoms with Gasteiger partial charge in [0.15, 0.2) is 0 Å². The summed E-state index contributed by atoms with van der Waals surface area (Å²) in [7, 11) is 0. The van der Waals surface area contributed by atoms with Gasteiger partial charge in [0.05, 0.1) is 13.1 Å². The number of carbonyl (C=O) groups is 2. The summed E-state index contributed by atoms with van der Waals surface area (Å²) in [6.07, 6.45) is 3.57. The first-order valence-corrected chi connectivity index (χ1v) is 7.71. The van der Waals surface area contributed by atoms with E-state index in [0.29, 0.717) is 12.2 Å². The molecule has 8 heteroatoms. The van der Waals surface area contributed by atoms with E-state index < -0.39 is 0 Å². The van der Waals surface area contributed by atoms with Gasteiger partial charge in [-0.2, -0.15) is 0 Å². The van der Waals surface area contributed by atoms with Crippen molar-refractivity contribution in [1.82, 2.24) is 4.90 Å². The van der Waals surface area contributed by atoms with E-state index in [-0.39, 0.29) is 43.2 Å². The number of hydrogen-bond acceptors (Lipinski definition) is 4. The summed E-state index contributed by atoms with van der Waals surface area (Å²) in [6.45, 7) is 4.24. The van der Waals surface area contributed by atoms with Crippen molar-refractivity contribution in [3.63, 3.8) is 0 Å².